The number of aryl methyl sites for hydroxylation is 1. The SMILES string of the molecule is CCCCCCCCCCCCOc1ccc(CC(=O)NCc2ccc[n+](CC)c2)c(OC)c1. The maximum absolute atomic E-state index is 12.5. The van der Waals surface area contributed by atoms with Crippen LogP contribution in [-0.4, -0.2) is 19.6 Å². The van der Waals surface area contributed by atoms with Crippen LogP contribution in [-0.2, 0) is 24.3 Å². The molecule has 0 unspecified atom stereocenters. The predicted molar refractivity (Wildman–Crippen MR) is 138 cm³/mol. The van der Waals surface area contributed by atoms with Gasteiger partial charge in [0.05, 0.1) is 20.1 Å². The number of nitrogens with zero attached hydrogens (tertiary/aromatic N) is 1. The molecule has 1 N–H and O–H groups in total. The maximum atomic E-state index is 12.5. The van der Waals surface area contributed by atoms with Gasteiger partial charge in [-0.3, -0.25) is 4.79 Å². The molecule has 1 aromatic carbocycles. The van der Waals surface area contributed by atoms with E-state index in [1.165, 1.54) is 57.8 Å². The summed E-state index contributed by atoms with van der Waals surface area (Å²) in [5.41, 5.74) is 1.95. The normalized spacial score (nSPS) is 10.8. The third kappa shape index (κ3) is 11.0. The van der Waals surface area contributed by atoms with Gasteiger partial charge < -0.3 is 14.8 Å². The van der Waals surface area contributed by atoms with Crippen molar-refractivity contribution in [2.45, 2.75) is 97.6 Å². The van der Waals surface area contributed by atoms with Crippen LogP contribution in [0.1, 0.15) is 89.2 Å². The van der Waals surface area contributed by atoms with Crippen LogP contribution in [0.15, 0.2) is 42.7 Å². The van der Waals surface area contributed by atoms with E-state index in [0.717, 1.165) is 29.8 Å². The zero-order valence-electron chi connectivity index (χ0n) is 21.6. The van der Waals surface area contributed by atoms with Gasteiger partial charge in [0.2, 0.25) is 5.91 Å². The quantitative estimate of drug-likeness (QED) is 0.210. The van der Waals surface area contributed by atoms with E-state index in [2.05, 4.69) is 29.9 Å². The van der Waals surface area contributed by atoms with Crippen molar-refractivity contribution in [1.82, 2.24) is 5.32 Å². The van der Waals surface area contributed by atoms with Gasteiger partial charge in [0.25, 0.3) is 0 Å². The highest BCUT2D eigenvalue weighted by Gasteiger charge is 2.11. The lowest BCUT2D eigenvalue weighted by atomic mass is 10.1. The Balaban J connectivity index is 1.66. The minimum Gasteiger partial charge on any atom is -0.496 e. The summed E-state index contributed by atoms with van der Waals surface area (Å²) in [6, 6.07) is 9.78. The monoisotopic (exact) mass is 469 g/mol. The molecule has 34 heavy (non-hydrogen) atoms. The summed E-state index contributed by atoms with van der Waals surface area (Å²) in [6.07, 6.45) is 17.5. The van der Waals surface area contributed by atoms with Gasteiger partial charge in [-0.05, 0) is 25.5 Å². The van der Waals surface area contributed by atoms with E-state index in [0.29, 0.717) is 18.9 Å². The molecule has 0 aliphatic heterocycles. The average molecular weight is 470 g/mol. The van der Waals surface area contributed by atoms with E-state index in [4.69, 9.17) is 9.47 Å². The van der Waals surface area contributed by atoms with Crippen molar-refractivity contribution in [3.8, 4) is 11.5 Å². The number of pyridine rings is 1. The molecule has 0 atom stereocenters. The number of nitrogens with one attached hydrogen (secondary N) is 1. The Morgan fingerprint density at radius 2 is 1.65 bits per heavy atom. The van der Waals surface area contributed by atoms with Crippen LogP contribution >= 0.6 is 0 Å². The van der Waals surface area contributed by atoms with Crippen molar-refractivity contribution in [1.29, 1.82) is 0 Å². The third-order valence-corrected chi connectivity index (χ3v) is 6.15. The third-order valence-electron chi connectivity index (χ3n) is 6.15. The Morgan fingerprint density at radius 3 is 2.32 bits per heavy atom. The summed E-state index contributed by atoms with van der Waals surface area (Å²) < 4.78 is 13.5. The Bertz CT molecular complexity index is 838. The summed E-state index contributed by atoms with van der Waals surface area (Å²) in [6.45, 7) is 6.50. The van der Waals surface area contributed by atoms with Gasteiger partial charge in [-0.15, -0.1) is 0 Å². The number of carbonyl (C=O) groups is 1. The van der Waals surface area contributed by atoms with Gasteiger partial charge in [-0.25, -0.2) is 4.57 Å². The smallest absolute Gasteiger partial charge is 0.224 e. The second-order valence-electron chi connectivity index (χ2n) is 9.00. The van der Waals surface area contributed by atoms with E-state index < -0.39 is 0 Å². The van der Waals surface area contributed by atoms with E-state index >= 15 is 0 Å². The number of unbranched alkanes of at least 4 members (excludes halogenated alkanes) is 9. The van der Waals surface area contributed by atoms with Crippen molar-refractivity contribution in [2.75, 3.05) is 13.7 Å². The zero-order valence-corrected chi connectivity index (χ0v) is 21.6. The summed E-state index contributed by atoms with van der Waals surface area (Å²) >= 11 is 0. The van der Waals surface area contributed by atoms with E-state index in [1.54, 1.807) is 7.11 Å². The summed E-state index contributed by atoms with van der Waals surface area (Å²) in [7, 11) is 1.64. The standard InChI is InChI=1S/C29H44N2O3/c1-4-6-7-8-9-10-11-12-13-14-20-34-27-18-17-26(28(22-27)33-3)21-29(32)30-23-25-16-15-19-31(5-2)24-25/h15-19,22,24H,4-14,20-21,23H2,1-3H3/p+1. The number of carbonyl (C=O) groups excluding carboxylic acids is 1. The molecule has 2 aromatic rings. The van der Waals surface area contributed by atoms with E-state index in [-0.39, 0.29) is 12.3 Å². The average Bonchev–Trinajstić information content (AvgIpc) is 2.86. The fourth-order valence-electron chi connectivity index (χ4n) is 4.05. The molecule has 0 aliphatic rings. The second kappa shape index (κ2) is 17.0. The van der Waals surface area contributed by atoms with Crippen molar-refractivity contribution in [3.63, 3.8) is 0 Å². The number of hydrogen-bond acceptors (Lipinski definition) is 3. The highest BCUT2D eigenvalue weighted by Crippen LogP contribution is 2.25. The molecular weight excluding hydrogens is 424 g/mol. The molecule has 188 valence electrons. The van der Waals surface area contributed by atoms with Gasteiger partial charge in [0.1, 0.15) is 18.0 Å². The molecule has 0 saturated carbocycles. The molecule has 1 amide bonds. The van der Waals surface area contributed by atoms with Crippen molar-refractivity contribution >= 4 is 5.91 Å². The minimum atomic E-state index is -0.0239. The summed E-state index contributed by atoms with van der Waals surface area (Å²) in [5, 5.41) is 3.00. The second-order valence-corrected chi connectivity index (χ2v) is 9.00. The molecule has 2 rings (SSSR count). The number of benzene rings is 1. The molecule has 0 fully saturated rings. The fraction of sp³-hybridized carbons (Fsp3) is 0.586. The van der Waals surface area contributed by atoms with Crippen LogP contribution in [0.2, 0.25) is 0 Å². The number of amides is 1. The van der Waals surface area contributed by atoms with E-state index in [9.17, 15) is 4.79 Å². The number of aromatic nitrogens is 1. The number of rotatable bonds is 18. The van der Waals surface area contributed by atoms with Crippen LogP contribution < -0.4 is 19.4 Å². The first kappa shape index (κ1) is 27.7. The largest absolute Gasteiger partial charge is 0.496 e. The Kier molecular flexibility index (Phi) is 13.8. The molecule has 0 bridgehead atoms. The van der Waals surface area contributed by atoms with Gasteiger partial charge in [0, 0.05) is 29.8 Å². The van der Waals surface area contributed by atoms with Gasteiger partial charge >= 0.3 is 0 Å². The van der Waals surface area contributed by atoms with Crippen LogP contribution in [0.25, 0.3) is 0 Å². The maximum Gasteiger partial charge on any atom is 0.224 e. The van der Waals surface area contributed by atoms with Crippen LogP contribution in [0.5, 0.6) is 11.5 Å². The molecule has 0 saturated heterocycles. The summed E-state index contributed by atoms with van der Waals surface area (Å²) in [4.78, 5) is 12.5. The molecule has 5 heteroatoms. The van der Waals surface area contributed by atoms with Crippen LogP contribution in [0, 0.1) is 0 Å². The molecule has 0 radical (unpaired) electrons. The highest BCUT2D eigenvalue weighted by molar-refractivity contribution is 5.79. The zero-order chi connectivity index (χ0) is 24.4. The first-order valence-electron chi connectivity index (χ1n) is 13.2. The molecule has 5 nitrogen and oxygen atoms in total. The Morgan fingerprint density at radius 1 is 0.941 bits per heavy atom. The van der Waals surface area contributed by atoms with Gasteiger partial charge in [-0.1, -0.05) is 70.8 Å². The van der Waals surface area contributed by atoms with Crippen LogP contribution in [0.3, 0.4) is 0 Å². The van der Waals surface area contributed by atoms with E-state index in [1.807, 2.05) is 36.5 Å². The first-order chi connectivity index (χ1) is 16.7. The van der Waals surface area contributed by atoms with Gasteiger partial charge in [0.15, 0.2) is 12.4 Å². The van der Waals surface area contributed by atoms with Crippen molar-refractivity contribution < 1.29 is 18.8 Å². The summed E-state index contributed by atoms with van der Waals surface area (Å²) in [5.74, 6) is 1.47. The van der Waals surface area contributed by atoms with Gasteiger partial charge in [-0.2, -0.15) is 0 Å². The lowest BCUT2D eigenvalue weighted by molar-refractivity contribution is -0.694. The molecule has 0 aliphatic carbocycles. The fourth-order valence-corrected chi connectivity index (χ4v) is 4.05. The molecule has 1 aromatic heterocycles. The molecular formula is C29H45N2O3+. The first-order valence-corrected chi connectivity index (χ1v) is 13.2. The van der Waals surface area contributed by atoms with Crippen molar-refractivity contribution in [3.05, 3.63) is 53.9 Å². The molecule has 1 heterocycles. The number of ether oxygens (including phenoxy) is 2. The lowest BCUT2D eigenvalue weighted by Gasteiger charge is -2.12. The topological polar surface area (TPSA) is 51.4 Å². The molecule has 0 spiro atoms. The Hall–Kier alpha value is -2.56. The number of hydrogen-bond donors (Lipinski definition) is 1. The predicted octanol–water partition coefficient (Wildman–Crippen LogP) is 6.16. The lowest BCUT2D eigenvalue weighted by Crippen LogP contribution is -2.33. The van der Waals surface area contributed by atoms with Crippen LogP contribution in [0.4, 0.5) is 0 Å². The highest BCUT2D eigenvalue weighted by atomic mass is 16.5. The van der Waals surface area contributed by atoms with Crippen molar-refractivity contribution in [2.24, 2.45) is 0 Å². The minimum absolute atomic E-state index is 0.0239. The number of methoxy groups -OCH3 is 1. The Labute approximate surface area is 206 Å².